The van der Waals surface area contributed by atoms with Gasteiger partial charge in [-0.3, -0.25) is 0 Å². The van der Waals surface area contributed by atoms with Crippen molar-refractivity contribution in [2.75, 3.05) is 0 Å². The van der Waals surface area contributed by atoms with Crippen molar-refractivity contribution in [2.45, 2.75) is 6.10 Å². The predicted octanol–water partition coefficient (Wildman–Crippen LogP) is 5.49. The maximum atomic E-state index is 10.3. The van der Waals surface area contributed by atoms with Crippen LogP contribution >= 0.6 is 50.7 Å². The number of hydrogen-bond acceptors (Lipinski definition) is 1. The van der Waals surface area contributed by atoms with Gasteiger partial charge in [-0.15, -0.1) is 0 Å². The minimum atomic E-state index is -0.816. The first kappa shape index (κ1) is 14.2. The van der Waals surface area contributed by atoms with E-state index in [1.54, 1.807) is 36.4 Å². The molecule has 2 aromatic carbocycles. The highest BCUT2D eigenvalue weighted by Crippen LogP contribution is 2.33. The normalized spacial score (nSPS) is 12.5. The molecule has 0 amide bonds. The minimum absolute atomic E-state index is 0.432. The lowest BCUT2D eigenvalue weighted by atomic mass is 10.0. The van der Waals surface area contributed by atoms with E-state index in [1.807, 2.05) is 0 Å². The molecule has 1 N–H and O–H groups in total. The van der Waals surface area contributed by atoms with Gasteiger partial charge in [0.2, 0.25) is 0 Å². The fourth-order valence-electron chi connectivity index (χ4n) is 1.59. The summed E-state index contributed by atoms with van der Waals surface area (Å²) in [5.41, 5.74) is 1.31. The highest BCUT2D eigenvalue weighted by Gasteiger charge is 2.15. The Kier molecular flexibility index (Phi) is 4.57. The number of hydrogen-bond donors (Lipinski definition) is 1. The van der Waals surface area contributed by atoms with Crippen molar-refractivity contribution in [1.82, 2.24) is 0 Å². The molecule has 1 atom stereocenters. The molecule has 94 valence electrons. The molecule has 0 heterocycles. The second kappa shape index (κ2) is 5.81. The number of aliphatic hydroxyl groups is 1. The largest absolute Gasteiger partial charge is 0.384 e. The summed E-state index contributed by atoms with van der Waals surface area (Å²) in [5, 5.41) is 11.8. The molecule has 2 rings (SSSR count). The molecular weight excluding hydrogens is 358 g/mol. The van der Waals surface area contributed by atoms with Gasteiger partial charge in [-0.05, 0) is 45.8 Å². The summed E-state index contributed by atoms with van der Waals surface area (Å²) in [6.07, 6.45) is -0.816. The molecule has 1 nitrogen and oxygen atoms in total. The van der Waals surface area contributed by atoms with Crippen molar-refractivity contribution < 1.29 is 5.11 Å². The van der Waals surface area contributed by atoms with Crippen LogP contribution in [-0.4, -0.2) is 5.11 Å². The molecule has 0 saturated heterocycles. The van der Waals surface area contributed by atoms with Gasteiger partial charge >= 0.3 is 0 Å². The molecule has 0 aliphatic carbocycles. The van der Waals surface area contributed by atoms with Gasteiger partial charge in [0, 0.05) is 20.1 Å². The maximum absolute atomic E-state index is 10.3. The summed E-state index contributed by atoms with van der Waals surface area (Å²) < 4.78 is 0.728. The molecule has 0 radical (unpaired) electrons. The number of benzene rings is 2. The van der Waals surface area contributed by atoms with Crippen molar-refractivity contribution in [2.24, 2.45) is 0 Å². The van der Waals surface area contributed by atoms with Crippen molar-refractivity contribution in [1.29, 1.82) is 0 Å². The van der Waals surface area contributed by atoms with E-state index in [0.29, 0.717) is 26.2 Å². The number of aliphatic hydroxyl groups excluding tert-OH is 1. The average Bonchev–Trinajstić information content (AvgIpc) is 2.32. The molecule has 18 heavy (non-hydrogen) atoms. The molecule has 0 aliphatic heterocycles. The highest BCUT2D eigenvalue weighted by molar-refractivity contribution is 9.10. The zero-order valence-corrected chi connectivity index (χ0v) is 12.9. The molecular formula is C13H8BrCl3O. The van der Waals surface area contributed by atoms with E-state index >= 15 is 0 Å². The van der Waals surface area contributed by atoms with Gasteiger partial charge in [-0.1, -0.05) is 46.9 Å². The van der Waals surface area contributed by atoms with Crippen LogP contribution in [-0.2, 0) is 0 Å². The Morgan fingerprint density at radius 1 is 0.944 bits per heavy atom. The first-order chi connectivity index (χ1) is 8.49. The van der Waals surface area contributed by atoms with Gasteiger partial charge in [-0.2, -0.15) is 0 Å². The van der Waals surface area contributed by atoms with E-state index in [2.05, 4.69) is 15.9 Å². The summed E-state index contributed by atoms with van der Waals surface area (Å²) in [4.78, 5) is 0. The maximum Gasteiger partial charge on any atom is 0.106 e. The summed E-state index contributed by atoms with van der Waals surface area (Å²) in [5.74, 6) is 0. The zero-order chi connectivity index (χ0) is 13.3. The van der Waals surface area contributed by atoms with Crippen LogP contribution in [0.4, 0.5) is 0 Å². The third-order valence-electron chi connectivity index (χ3n) is 2.52. The van der Waals surface area contributed by atoms with Gasteiger partial charge in [0.25, 0.3) is 0 Å². The SMILES string of the molecule is OC(c1ccc(Cl)c(Br)c1)c1ccc(Cl)cc1Cl. The Morgan fingerprint density at radius 2 is 1.67 bits per heavy atom. The minimum Gasteiger partial charge on any atom is -0.384 e. The topological polar surface area (TPSA) is 20.2 Å². The van der Waals surface area contributed by atoms with E-state index in [1.165, 1.54) is 0 Å². The molecule has 1 unspecified atom stereocenters. The van der Waals surface area contributed by atoms with Crippen LogP contribution in [0.3, 0.4) is 0 Å². The van der Waals surface area contributed by atoms with Crippen molar-refractivity contribution >= 4 is 50.7 Å². The molecule has 0 aromatic heterocycles. The molecule has 5 heteroatoms. The Balaban J connectivity index is 2.41. The third kappa shape index (κ3) is 3.01. The summed E-state index contributed by atoms with van der Waals surface area (Å²) >= 11 is 21.1. The predicted molar refractivity (Wildman–Crippen MR) is 79.7 cm³/mol. The van der Waals surface area contributed by atoms with Crippen molar-refractivity contribution in [3.63, 3.8) is 0 Å². The monoisotopic (exact) mass is 364 g/mol. The highest BCUT2D eigenvalue weighted by atomic mass is 79.9. The fourth-order valence-corrected chi connectivity index (χ4v) is 2.61. The van der Waals surface area contributed by atoms with Gasteiger partial charge in [0.05, 0.1) is 5.02 Å². The number of rotatable bonds is 2. The summed E-state index contributed by atoms with van der Waals surface area (Å²) in [7, 11) is 0. The van der Waals surface area contributed by atoms with Crippen LogP contribution in [0.15, 0.2) is 40.9 Å². The van der Waals surface area contributed by atoms with Crippen LogP contribution in [0.2, 0.25) is 15.1 Å². The first-order valence-electron chi connectivity index (χ1n) is 5.07. The fraction of sp³-hybridized carbons (Fsp3) is 0.0769. The quantitative estimate of drug-likeness (QED) is 0.745. The van der Waals surface area contributed by atoms with E-state index in [-0.39, 0.29) is 0 Å². The second-order valence-electron chi connectivity index (χ2n) is 3.74. The van der Waals surface area contributed by atoms with E-state index in [0.717, 1.165) is 4.47 Å². The summed E-state index contributed by atoms with van der Waals surface area (Å²) in [6, 6.07) is 10.2. The lowest BCUT2D eigenvalue weighted by Gasteiger charge is -2.14. The Morgan fingerprint density at radius 3 is 2.28 bits per heavy atom. The lowest BCUT2D eigenvalue weighted by molar-refractivity contribution is 0.220. The molecule has 0 aliphatic rings. The van der Waals surface area contributed by atoms with Gasteiger partial charge < -0.3 is 5.11 Å². The smallest absolute Gasteiger partial charge is 0.106 e. The first-order valence-corrected chi connectivity index (χ1v) is 6.99. The Hall–Kier alpha value is -0.250. The standard InChI is InChI=1S/C13H8BrCl3O/c14-10-5-7(1-4-11(10)16)13(18)9-3-2-8(15)6-12(9)17/h1-6,13,18H. The van der Waals surface area contributed by atoms with Gasteiger partial charge in [-0.25, -0.2) is 0 Å². The molecule has 0 saturated carbocycles. The second-order valence-corrected chi connectivity index (χ2v) is 5.85. The van der Waals surface area contributed by atoms with Crippen LogP contribution in [0.1, 0.15) is 17.2 Å². The Labute approximate surface area is 128 Å². The van der Waals surface area contributed by atoms with E-state index in [9.17, 15) is 5.11 Å². The van der Waals surface area contributed by atoms with Gasteiger partial charge in [0.15, 0.2) is 0 Å². The van der Waals surface area contributed by atoms with Gasteiger partial charge in [0.1, 0.15) is 6.10 Å². The van der Waals surface area contributed by atoms with Crippen LogP contribution in [0.5, 0.6) is 0 Å². The van der Waals surface area contributed by atoms with E-state index in [4.69, 9.17) is 34.8 Å². The Bertz CT molecular complexity index is 586. The average molecular weight is 366 g/mol. The molecule has 2 aromatic rings. The molecule has 0 fully saturated rings. The van der Waals surface area contributed by atoms with Crippen LogP contribution in [0, 0.1) is 0 Å². The lowest BCUT2D eigenvalue weighted by Crippen LogP contribution is -2.00. The molecule has 0 bridgehead atoms. The number of halogens is 4. The summed E-state index contributed by atoms with van der Waals surface area (Å²) in [6.45, 7) is 0. The van der Waals surface area contributed by atoms with E-state index < -0.39 is 6.10 Å². The zero-order valence-electron chi connectivity index (χ0n) is 9.00. The van der Waals surface area contributed by atoms with Crippen LogP contribution in [0.25, 0.3) is 0 Å². The van der Waals surface area contributed by atoms with Crippen LogP contribution < -0.4 is 0 Å². The third-order valence-corrected chi connectivity index (χ3v) is 4.29. The van der Waals surface area contributed by atoms with Crippen molar-refractivity contribution in [3.05, 3.63) is 67.1 Å². The van der Waals surface area contributed by atoms with Crippen molar-refractivity contribution in [3.8, 4) is 0 Å². The molecule has 0 spiro atoms.